The molecule has 112 valence electrons. The first-order chi connectivity index (χ1) is 9.33. The predicted molar refractivity (Wildman–Crippen MR) is 84.2 cm³/mol. The van der Waals surface area contributed by atoms with Crippen molar-refractivity contribution in [2.75, 3.05) is 19.3 Å². The summed E-state index contributed by atoms with van der Waals surface area (Å²) in [6.45, 7) is 0.845. The summed E-state index contributed by atoms with van der Waals surface area (Å²) in [4.78, 5) is 0.461. The van der Waals surface area contributed by atoms with Crippen molar-refractivity contribution in [3.05, 3.63) is 12.3 Å². The maximum atomic E-state index is 12.5. The van der Waals surface area contributed by atoms with Crippen LogP contribution in [0, 0.1) is 0 Å². The van der Waals surface area contributed by atoms with E-state index in [1.54, 1.807) is 18.8 Å². The van der Waals surface area contributed by atoms with Crippen molar-refractivity contribution < 1.29 is 8.42 Å². The predicted octanol–water partition coefficient (Wildman–Crippen LogP) is 0.592. The van der Waals surface area contributed by atoms with Crippen LogP contribution in [0.25, 0.3) is 0 Å². The topological polar surface area (TPSA) is 81.2 Å². The molecule has 1 aromatic rings. The molecule has 1 fully saturated rings. The molecule has 0 unspecified atom stereocenters. The van der Waals surface area contributed by atoms with E-state index in [1.165, 1.54) is 21.3 Å². The minimum atomic E-state index is -3.49. The van der Waals surface area contributed by atoms with Crippen LogP contribution in [-0.2, 0) is 17.1 Å². The molecule has 0 radical (unpaired) electrons. The van der Waals surface area contributed by atoms with Crippen LogP contribution in [0.4, 0.5) is 0 Å². The standard InChI is InChI=1S/C11H18N4O2S3/c1-14-9(3-6-13-14)20(16,17)15-7-4-11(19-2,5-8-15)10(12)18/h3,6H,4-5,7-8H2,1-2H3,(H2,12,18). The third-order valence-electron chi connectivity index (χ3n) is 3.75. The van der Waals surface area contributed by atoms with Gasteiger partial charge in [0.15, 0.2) is 5.03 Å². The van der Waals surface area contributed by atoms with Gasteiger partial charge in [-0.05, 0) is 25.2 Å². The number of thiocarbonyl (C=S) groups is 1. The monoisotopic (exact) mass is 334 g/mol. The number of thioether (sulfide) groups is 1. The fraction of sp³-hybridized carbons (Fsp3) is 0.636. The molecular formula is C11H18N4O2S3. The molecular weight excluding hydrogens is 316 g/mol. The quantitative estimate of drug-likeness (QED) is 0.812. The molecule has 1 aliphatic heterocycles. The molecule has 0 bridgehead atoms. The third kappa shape index (κ3) is 2.59. The summed E-state index contributed by atoms with van der Waals surface area (Å²) >= 11 is 6.74. The van der Waals surface area contributed by atoms with Gasteiger partial charge in [-0.15, -0.1) is 0 Å². The second-order valence-corrected chi connectivity index (χ2v) is 8.27. The Morgan fingerprint density at radius 2 is 2.10 bits per heavy atom. The van der Waals surface area contributed by atoms with Crippen molar-refractivity contribution in [1.82, 2.24) is 14.1 Å². The molecule has 1 saturated heterocycles. The minimum Gasteiger partial charge on any atom is -0.392 e. The van der Waals surface area contributed by atoms with Gasteiger partial charge in [0.25, 0.3) is 10.0 Å². The number of aromatic nitrogens is 2. The number of hydrogen-bond donors (Lipinski definition) is 1. The van der Waals surface area contributed by atoms with Crippen molar-refractivity contribution in [1.29, 1.82) is 0 Å². The normalized spacial score (nSPS) is 19.9. The van der Waals surface area contributed by atoms with Crippen LogP contribution >= 0.6 is 24.0 Å². The molecule has 0 aromatic carbocycles. The molecule has 9 heteroatoms. The Kier molecular flexibility index (Phi) is 4.43. The highest BCUT2D eigenvalue weighted by molar-refractivity contribution is 8.02. The van der Waals surface area contributed by atoms with Crippen LogP contribution in [-0.4, -0.2) is 51.6 Å². The fourth-order valence-electron chi connectivity index (χ4n) is 2.39. The number of aryl methyl sites for hydroxylation is 1. The lowest BCUT2D eigenvalue weighted by atomic mass is 9.97. The zero-order chi connectivity index (χ0) is 15.0. The highest BCUT2D eigenvalue weighted by atomic mass is 32.2. The lowest BCUT2D eigenvalue weighted by Crippen LogP contribution is -2.50. The van der Waals surface area contributed by atoms with Gasteiger partial charge in [0.1, 0.15) is 0 Å². The highest BCUT2D eigenvalue weighted by Gasteiger charge is 2.40. The Balaban J connectivity index is 2.19. The lowest BCUT2D eigenvalue weighted by Gasteiger charge is -2.39. The fourth-order valence-corrected chi connectivity index (χ4v) is 5.17. The van der Waals surface area contributed by atoms with E-state index in [9.17, 15) is 8.42 Å². The van der Waals surface area contributed by atoms with Gasteiger partial charge in [0.2, 0.25) is 0 Å². The molecule has 2 heterocycles. The Bertz CT molecular complexity index is 603. The van der Waals surface area contributed by atoms with Crippen molar-refractivity contribution >= 4 is 39.0 Å². The largest absolute Gasteiger partial charge is 0.392 e. The molecule has 6 nitrogen and oxygen atoms in total. The molecule has 0 saturated carbocycles. The summed E-state index contributed by atoms with van der Waals surface area (Å²) in [5, 5.41) is 4.13. The SMILES string of the molecule is CSC1(C(N)=S)CCN(S(=O)(=O)c2ccnn2C)CC1. The van der Waals surface area contributed by atoms with Crippen molar-refractivity contribution in [3.63, 3.8) is 0 Å². The number of nitrogens with zero attached hydrogens (tertiary/aromatic N) is 3. The second-order valence-electron chi connectivity index (χ2n) is 4.76. The zero-order valence-electron chi connectivity index (χ0n) is 11.4. The maximum absolute atomic E-state index is 12.5. The molecule has 0 aliphatic carbocycles. The smallest absolute Gasteiger partial charge is 0.260 e. The van der Waals surface area contributed by atoms with Gasteiger partial charge in [0, 0.05) is 20.1 Å². The van der Waals surface area contributed by atoms with Crippen LogP contribution < -0.4 is 5.73 Å². The highest BCUT2D eigenvalue weighted by Crippen LogP contribution is 2.36. The van der Waals surface area contributed by atoms with Crippen LogP contribution in [0.1, 0.15) is 12.8 Å². The van der Waals surface area contributed by atoms with E-state index in [1.807, 2.05) is 6.26 Å². The first kappa shape index (κ1) is 15.7. The number of rotatable bonds is 4. The van der Waals surface area contributed by atoms with Crippen LogP contribution in [0.2, 0.25) is 0 Å². The maximum Gasteiger partial charge on any atom is 0.260 e. The summed E-state index contributed by atoms with van der Waals surface area (Å²) in [5.41, 5.74) is 5.81. The van der Waals surface area contributed by atoms with Crippen molar-refractivity contribution in [2.45, 2.75) is 22.6 Å². The molecule has 1 aromatic heterocycles. The summed E-state index contributed by atoms with van der Waals surface area (Å²) in [5.74, 6) is 0. The lowest BCUT2D eigenvalue weighted by molar-refractivity contribution is 0.330. The molecule has 0 amide bonds. The number of nitrogens with two attached hydrogens (primary N) is 1. The summed E-state index contributed by atoms with van der Waals surface area (Å²) < 4.78 is 27.6. The zero-order valence-corrected chi connectivity index (χ0v) is 13.9. The molecule has 0 spiro atoms. The van der Waals surface area contributed by atoms with E-state index in [0.29, 0.717) is 30.9 Å². The van der Waals surface area contributed by atoms with Gasteiger partial charge in [-0.2, -0.15) is 21.2 Å². The van der Waals surface area contributed by atoms with E-state index in [2.05, 4.69) is 5.10 Å². The molecule has 2 rings (SSSR count). The third-order valence-corrected chi connectivity index (χ3v) is 7.65. The Morgan fingerprint density at radius 3 is 2.50 bits per heavy atom. The van der Waals surface area contributed by atoms with Crippen LogP contribution in [0.5, 0.6) is 0 Å². The van der Waals surface area contributed by atoms with E-state index >= 15 is 0 Å². The summed E-state index contributed by atoms with van der Waals surface area (Å²) in [6.07, 6.45) is 4.73. The number of piperidine rings is 1. The summed E-state index contributed by atoms with van der Waals surface area (Å²) in [6, 6.07) is 1.51. The number of sulfonamides is 1. The van der Waals surface area contributed by atoms with Crippen LogP contribution in [0.15, 0.2) is 17.3 Å². The number of hydrogen-bond acceptors (Lipinski definition) is 5. The molecule has 2 N–H and O–H groups in total. The van der Waals surface area contributed by atoms with E-state index in [-0.39, 0.29) is 9.77 Å². The van der Waals surface area contributed by atoms with Gasteiger partial charge in [-0.1, -0.05) is 12.2 Å². The molecule has 20 heavy (non-hydrogen) atoms. The Morgan fingerprint density at radius 1 is 1.50 bits per heavy atom. The second kappa shape index (κ2) is 5.63. The van der Waals surface area contributed by atoms with Gasteiger partial charge in [-0.25, -0.2) is 8.42 Å². The Hall–Kier alpha value is -0.640. The Labute approximate surface area is 128 Å². The first-order valence-electron chi connectivity index (χ1n) is 6.17. The summed E-state index contributed by atoms with van der Waals surface area (Å²) in [7, 11) is -1.87. The van der Waals surface area contributed by atoms with E-state index < -0.39 is 10.0 Å². The van der Waals surface area contributed by atoms with Gasteiger partial charge in [-0.3, -0.25) is 4.68 Å². The molecule has 1 aliphatic rings. The van der Waals surface area contributed by atoms with E-state index in [4.69, 9.17) is 18.0 Å². The van der Waals surface area contributed by atoms with Gasteiger partial charge in [0.05, 0.1) is 15.9 Å². The van der Waals surface area contributed by atoms with Gasteiger partial charge < -0.3 is 5.73 Å². The average Bonchev–Trinajstić information content (AvgIpc) is 2.85. The van der Waals surface area contributed by atoms with Crippen molar-refractivity contribution in [2.24, 2.45) is 12.8 Å². The van der Waals surface area contributed by atoms with E-state index in [0.717, 1.165) is 0 Å². The van der Waals surface area contributed by atoms with Crippen LogP contribution in [0.3, 0.4) is 0 Å². The first-order valence-corrected chi connectivity index (χ1v) is 9.24. The molecule has 0 atom stereocenters. The van der Waals surface area contributed by atoms with Crippen molar-refractivity contribution in [3.8, 4) is 0 Å². The van der Waals surface area contributed by atoms with Gasteiger partial charge >= 0.3 is 0 Å². The minimum absolute atomic E-state index is 0.212. The average molecular weight is 334 g/mol.